The Kier molecular flexibility index (Phi) is 8.60. The van der Waals surface area contributed by atoms with Crippen molar-refractivity contribution in [2.75, 3.05) is 0 Å². The second-order valence-corrected chi connectivity index (χ2v) is 6.97. The second-order valence-electron chi connectivity index (χ2n) is 0.599. The van der Waals surface area contributed by atoms with Crippen molar-refractivity contribution in [1.82, 2.24) is 0 Å². The standard InChI is InChI=1S/3ClH.Fe.H2O4S/c;;;;1-5(2,3)4/h3*1H;;(H2,1,2,3,4)/q;;;+3;/p-3. The average Bonchev–Trinajstić information content (AvgIpc) is 1.19. The van der Waals surface area contributed by atoms with Crippen LogP contribution in [0.15, 0.2) is 0 Å². The van der Waals surface area contributed by atoms with Gasteiger partial charge in [-0.05, 0) is 0 Å². The van der Waals surface area contributed by atoms with E-state index < -0.39 is 21.6 Å². The molecule has 4 nitrogen and oxygen atoms in total. The van der Waals surface area contributed by atoms with Crippen molar-refractivity contribution < 1.29 is 28.7 Å². The van der Waals surface area contributed by atoms with Crippen molar-refractivity contribution in [3.05, 3.63) is 0 Å². The van der Waals surface area contributed by atoms with Crippen LogP contribution in [0.2, 0.25) is 0 Å². The average molecular weight is 260 g/mol. The SMILES string of the molecule is O=S(=O)(O)O.[Cl][Fe]([Cl])[Cl]. The van der Waals surface area contributed by atoms with Crippen molar-refractivity contribution >= 4 is 40.7 Å². The molecule has 0 rings (SSSR count). The van der Waals surface area contributed by atoms with Crippen LogP contribution in [0.1, 0.15) is 0 Å². The van der Waals surface area contributed by atoms with E-state index in [4.69, 9.17) is 47.8 Å². The van der Waals surface area contributed by atoms with Gasteiger partial charge in [0.2, 0.25) is 0 Å². The number of halogens is 3. The molecule has 0 aromatic heterocycles. The molecule has 0 atom stereocenters. The van der Waals surface area contributed by atoms with Gasteiger partial charge in [-0.1, -0.05) is 0 Å². The monoisotopic (exact) mass is 259 g/mol. The molecular weight excluding hydrogens is 258 g/mol. The van der Waals surface area contributed by atoms with Gasteiger partial charge in [0.05, 0.1) is 0 Å². The summed E-state index contributed by atoms with van der Waals surface area (Å²) in [4.78, 5) is 0. The van der Waals surface area contributed by atoms with Crippen LogP contribution in [0.3, 0.4) is 0 Å². The molecule has 2 N–H and O–H groups in total. The molecule has 0 amide bonds. The van der Waals surface area contributed by atoms with E-state index in [9.17, 15) is 0 Å². The molecule has 0 aliphatic heterocycles. The molecule has 0 aliphatic carbocycles. The van der Waals surface area contributed by atoms with Crippen LogP contribution in [0.25, 0.3) is 0 Å². The Morgan fingerprint density at radius 1 is 1.11 bits per heavy atom. The normalized spacial score (nSPS) is 11.4. The Hall–Kier alpha value is 1.26. The summed E-state index contributed by atoms with van der Waals surface area (Å²) < 4.78 is 31.6. The molecule has 0 aromatic carbocycles. The molecule has 0 saturated heterocycles. The van der Waals surface area contributed by atoms with Crippen molar-refractivity contribution in [1.29, 1.82) is 0 Å². The molecule has 0 aromatic rings. The van der Waals surface area contributed by atoms with Crippen molar-refractivity contribution in [3.8, 4) is 0 Å². The van der Waals surface area contributed by atoms with E-state index in [1.165, 1.54) is 0 Å². The fourth-order valence-corrected chi connectivity index (χ4v) is 0. The van der Waals surface area contributed by atoms with Crippen LogP contribution in [0.4, 0.5) is 0 Å². The summed E-state index contributed by atoms with van der Waals surface area (Å²) in [5.74, 6) is 0. The summed E-state index contributed by atoms with van der Waals surface area (Å²) in [6.45, 7) is 0. The summed E-state index contributed by atoms with van der Waals surface area (Å²) in [6, 6.07) is 0. The maximum atomic E-state index is 8.74. The fourth-order valence-electron chi connectivity index (χ4n) is 0. The van der Waals surface area contributed by atoms with Gasteiger partial charge in [0.1, 0.15) is 0 Å². The van der Waals surface area contributed by atoms with E-state index in [0.29, 0.717) is 0 Å². The molecule has 0 fully saturated rings. The van der Waals surface area contributed by atoms with Crippen LogP contribution >= 0.6 is 30.3 Å². The van der Waals surface area contributed by atoms with Gasteiger partial charge in [0, 0.05) is 0 Å². The van der Waals surface area contributed by atoms with Gasteiger partial charge in [0.15, 0.2) is 0 Å². The second kappa shape index (κ2) is 6.00. The Morgan fingerprint density at radius 3 is 1.11 bits per heavy atom. The number of hydrogen-bond donors (Lipinski definition) is 2. The Bertz CT molecular complexity index is 127. The van der Waals surface area contributed by atoms with Crippen LogP contribution in [-0.4, -0.2) is 17.5 Å². The summed E-state index contributed by atoms with van der Waals surface area (Å²) in [6.07, 6.45) is 0. The van der Waals surface area contributed by atoms with Gasteiger partial charge in [-0.2, -0.15) is 8.42 Å². The van der Waals surface area contributed by atoms with E-state index in [1.807, 2.05) is 0 Å². The Morgan fingerprint density at radius 2 is 1.11 bits per heavy atom. The quantitative estimate of drug-likeness (QED) is 0.510. The van der Waals surface area contributed by atoms with Gasteiger partial charge in [-0.3, -0.25) is 9.11 Å². The predicted octanol–water partition coefficient (Wildman–Crippen LogP) is 1.41. The summed E-state index contributed by atoms with van der Waals surface area (Å²) >= 11 is -1.33. The predicted molar refractivity (Wildman–Crippen MR) is 31.7 cm³/mol. The van der Waals surface area contributed by atoms with E-state index in [-0.39, 0.29) is 0 Å². The molecule has 0 radical (unpaired) electrons. The third-order valence-corrected chi connectivity index (χ3v) is 0. The Balaban J connectivity index is 0. The van der Waals surface area contributed by atoms with Crippen LogP contribution < -0.4 is 0 Å². The number of hydrogen-bond acceptors (Lipinski definition) is 2. The van der Waals surface area contributed by atoms with Crippen LogP contribution in [0, 0.1) is 0 Å². The summed E-state index contributed by atoms with van der Waals surface area (Å²) in [7, 11) is 10.0. The van der Waals surface area contributed by atoms with E-state index >= 15 is 0 Å². The molecule has 0 aliphatic rings. The minimum absolute atomic E-state index is 1.33. The molecule has 0 spiro atoms. The van der Waals surface area contributed by atoms with E-state index in [1.54, 1.807) is 0 Å². The topological polar surface area (TPSA) is 74.6 Å². The van der Waals surface area contributed by atoms with Crippen molar-refractivity contribution in [2.24, 2.45) is 0 Å². The zero-order valence-corrected chi connectivity index (χ0v) is 7.80. The minimum atomic E-state index is -4.67. The molecule has 9 heteroatoms. The van der Waals surface area contributed by atoms with Gasteiger partial charge in [-0.25, -0.2) is 0 Å². The van der Waals surface area contributed by atoms with Gasteiger partial charge < -0.3 is 0 Å². The van der Waals surface area contributed by atoms with Crippen molar-refractivity contribution in [2.45, 2.75) is 0 Å². The summed E-state index contributed by atoms with van der Waals surface area (Å²) in [5, 5.41) is 0. The van der Waals surface area contributed by atoms with Crippen LogP contribution in [-0.2, 0) is 21.6 Å². The molecule has 0 unspecified atom stereocenters. The number of rotatable bonds is 0. The first-order valence-corrected chi connectivity index (χ1v) is 7.05. The van der Waals surface area contributed by atoms with E-state index in [0.717, 1.165) is 0 Å². The fraction of sp³-hybridized carbons (Fsp3) is 0. The van der Waals surface area contributed by atoms with Gasteiger partial charge in [-0.15, -0.1) is 0 Å². The zero-order valence-electron chi connectivity index (χ0n) is 3.61. The molecule has 61 valence electrons. The van der Waals surface area contributed by atoms with Gasteiger partial charge in [0.25, 0.3) is 0 Å². The van der Waals surface area contributed by atoms with Crippen molar-refractivity contribution in [3.63, 3.8) is 0 Å². The molecular formula is H2Cl3FeO4S. The third kappa shape index (κ3) is 308. The maximum absolute atomic E-state index is 8.74. The van der Waals surface area contributed by atoms with Gasteiger partial charge >= 0.3 is 51.9 Å². The van der Waals surface area contributed by atoms with Crippen LogP contribution in [0.5, 0.6) is 0 Å². The molecule has 0 heterocycles. The Labute approximate surface area is 69.2 Å². The first-order chi connectivity index (χ1) is 3.73. The third-order valence-electron chi connectivity index (χ3n) is 0. The first kappa shape index (κ1) is 12.9. The van der Waals surface area contributed by atoms with E-state index in [2.05, 4.69) is 0 Å². The summed E-state index contributed by atoms with van der Waals surface area (Å²) in [5.41, 5.74) is 0. The zero-order chi connectivity index (χ0) is 8.08. The molecule has 0 saturated carbocycles. The molecule has 0 bridgehead atoms. The first-order valence-electron chi connectivity index (χ1n) is 1.10. The molecule has 9 heavy (non-hydrogen) atoms.